The Morgan fingerprint density at radius 3 is 2.56 bits per heavy atom. The topological polar surface area (TPSA) is 129 Å². The Morgan fingerprint density at radius 2 is 1.87 bits per heavy atom. The predicted octanol–water partition coefficient (Wildman–Crippen LogP) is 1.87. The first-order chi connectivity index (χ1) is 18.9. The molecule has 200 valence electrons. The van der Waals surface area contributed by atoms with Gasteiger partial charge in [-0.3, -0.25) is 14.5 Å². The van der Waals surface area contributed by atoms with E-state index in [2.05, 4.69) is 20.7 Å². The first-order valence-electron chi connectivity index (χ1n) is 12.2. The minimum absolute atomic E-state index is 0.0200. The standard InChI is InChI=1S/C27H26N6O5S/c1-32-30-21(29-31-32)13-10-19-16-39-26-23(28-22(34)14-17-6-4-3-5-7-17)25(35)33(26)24(19)27(36)38-15-18-8-11-20(37-2)12-9-18/h3-13,23,26H,14-16H2,1-2H3,(H,28,34)/t23-,26+/m1/s1. The lowest BCUT2D eigenvalue weighted by Gasteiger charge is -2.49. The molecule has 0 aliphatic carbocycles. The van der Waals surface area contributed by atoms with E-state index in [1.807, 2.05) is 30.3 Å². The van der Waals surface area contributed by atoms with Crippen LogP contribution in [-0.2, 0) is 39.2 Å². The third-order valence-electron chi connectivity index (χ3n) is 6.20. The molecule has 2 amide bonds. The van der Waals surface area contributed by atoms with Crippen molar-refractivity contribution in [3.05, 3.63) is 88.9 Å². The number of methoxy groups -OCH3 is 1. The zero-order valence-electron chi connectivity index (χ0n) is 21.3. The Balaban J connectivity index is 1.33. The first kappa shape index (κ1) is 26.2. The molecule has 0 unspecified atom stereocenters. The van der Waals surface area contributed by atoms with Gasteiger partial charge in [0.05, 0.1) is 20.6 Å². The number of ether oxygens (including phenoxy) is 2. The smallest absolute Gasteiger partial charge is 0.355 e. The molecule has 0 radical (unpaired) electrons. The molecule has 3 heterocycles. The zero-order chi connectivity index (χ0) is 27.4. The summed E-state index contributed by atoms with van der Waals surface area (Å²) in [6, 6.07) is 15.7. The van der Waals surface area contributed by atoms with Gasteiger partial charge in [0.25, 0.3) is 5.91 Å². The molecule has 3 aromatic rings. The van der Waals surface area contributed by atoms with Gasteiger partial charge in [0.2, 0.25) is 5.91 Å². The second kappa shape index (κ2) is 11.5. The Kier molecular flexibility index (Phi) is 7.73. The van der Waals surface area contributed by atoms with Gasteiger partial charge in [-0.05, 0) is 40.1 Å². The number of amides is 2. The normalized spacial score (nSPS) is 18.5. The van der Waals surface area contributed by atoms with Gasteiger partial charge in [-0.1, -0.05) is 48.5 Å². The van der Waals surface area contributed by atoms with Crippen molar-refractivity contribution in [2.24, 2.45) is 7.05 Å². The summed E-state index contributed by atoms with van der Waals surface area (Å²) in [7, 11) is 3.23. The largest absolute Gasteiger partial charge is 0.497 e. The van der Waals surface area contributed by atoms with Gasteiger partial charge < -0.3 is 14.8 Å². The van der Waals surface area contributed by atoms with Gasteiger partial charge in [-0.15, -0.1) is 22.0 Å². The van der Waals surface area contributed by atoms with E-state index in [-0.39, 0.29) is 30.5 Å². The van der Waals surface area contributed by atoms with Crippen LogP contribution in [0.1, 0.15) is 17.0 Å². The molecule has 2 aromatic carbocycles. The fraction of sp³-hybridized carbons (Fsp3) is 0.259. The second-order valence-corrected chi connectivity index (χ2v) is 9.99. The third kappa shape index (κ3) is 5.85. The molecule has 1 N–H and O–H groups in total. The van der Waals surface area contributed by atoms with Crippen molar-refractivity contribution in [2.75, 3.05) is 12.9 Å². The SMILES string of the molecule is COc1ccc(COC(=O)C2=C(C=Cc3nnn(C)n3)CS[C@H]3[C@H](NC(=O)Cc4ccccc4)C(=O)N23)cc1. The van der Waals surface area contributed by atoms with Crippen LogP contribution < -0.4 is 10.1 Å². The fourth-order valence-corrected chi connectivity index (χ4v) is 5.56. The first-order valence-corrected chi connectivity index (χ1v) is 13.2. The third-order valence-corrected chi connectivity index (χ3v) is 7.50. The number of benzene rings is 2. The lowest BCUT2D eigenvalue weighted by Crippen LogP contribution is -2.70. The number of hydrogen-bond acceptors (Lipinski definition) is 9. The fourth-order valence-electron chi connectivity index (χ4n) is 4.25. The van der Waals surface area contributed by atoms with Crippen LogP contribution in [0.4, 0.5) is 0 Å². The van der Waals surface area contributed by atoms with Crippen LogP contribution >= 0.6 is 11.8 Å². The van der Waals surface area contributed by atoms with Crippen molar-refractivity contribution in [3.63, 3.8) is 0 Å². The number of allylic oxidation sites excluding steroid dienone is 1. The van der Waals surface area contributed by atoms with Gasteiger partial charge >= 0.3 is 5.97 Å². The van der Waals surface area contributed by atoms with E-state index in [1.54, 1.807) is 50.6 Å². The van der Waals surface area contributed by atoms with Gasteiger partial charge in [-0.2, -0.15) is 4.80 Å². The summed E-state index contributed by atoms with van der Waals surface area (Å²) in [5.41, 5.74) is 2.35. The summed E-state index contributed by atoms with van der Waals surface area (Å²) in [6.45, 7) is 0.0200. The number of nitrogens with one attached hydrogen (secondary N) is 1. The number of aromatic nitrogens is 4. The lowest BCUT2D eigenvalue weighted by atomic mass is 10.0. The molecule has 1 fully saturated rings. The highest BCUT2D eigenvalue weighted by Crippen LogP contribution is 2.41. The maximum absolute atomic E-state index is 13.3. The van der Waals surface area contributed by atoms with E-state index < -0.39 is 17.4 Å². The van der Waals surface area contributed by atoms with Crippen molar-refractivity contribution in [3.8, 4) is 5.75 Å². The number of rotatable bonds is 9. The zero-order valence-corrected chi connectivity index (χ0v) is 22.1. The number of nitrogens with zero attached hydrogens (tertiary/aromatic N) is 5. The number of esters is 1. The van der Waals surface area contributed by atoms with Crippen LogP contribution in [0, 0.1) is 0 Å². The van der Waals surface area contributed by atoms with Crippen LogP contribution in [0.15, 0.2) is 71.9 Å². The molecule has 12 heteroatoms. The number of carbonyl (C=O) groups is 3. The van der Waals surface area contributed by atoms with Crippen LogP contribution in [0.3, 0.4) is 0 Å². The van der Waals surface area contributed by atoms with Crippen LogP contribution in [-0.4, -0.2) is 67.2 Å². The Morgan fingerprint density at radius 1 is 1.10 bits per heavy atom. The highest BCUT2D eigenvalue weighted by Gasteiger charge is 2.54. The van der Waals surface area contributed by atoms with Crippen LogP contribution in [0.5, 0.6) is 5.75 Å². The molecule has 0 bridgehead atoms. The summed E-state index contributed by atoms with van der Waals surface area (Å²) < 4.78 is 10.8. The van der Waals surface area contributed by atoms with E-state index in [1.165, 1.54) is 21.5 Å². The van der Waals surface area contributed by atoms with E-state index in [0.717, 1.165) is 11.1 Å². The molecule has 2 aliphatic rings. The summed E-state index contributed by atoms with van der Waals surface area (Å²) >= 11 is 1.46. The number of fused-ring (bicyclic) bond motifs is 1. The maximum atomic E-state index is 13.3. The van der Waals surface area contributed by atoms with Crippen molar-refractivity contribution < 1.29 is 23.9 Å². The van der Waals surface area contributed by atoms with Crippen molar-refractivity contribution in [1.82, 2.24) is 30.4 Å². The minimum Gasteiger partial charge on any atom is -0.497 e. The van der Waals surface area contributed by atoms with Gasteiger partial charge in [0.1, 0.15) is 29.5 Å². The van der Waals surface area contributed by atoms with Crippen LogP contribution in [0.25, 0.3) is 6.08 Å². The highest BCUT2D eigenvalue weighted by atomic mass is 32.2. The Hall–Kier alpha value is -4.45. The average molecular weight is 547 g/mol. The van der Waals surface area contributed by atoms with Crippen molar-refractivity contribution in [1.29, 1.82) is 0 Å². The van der Waals surface area contributed by atoms with Crippen molar-refractivity contribution >= 4 is 35.6 Å². The van der Waals surface area contributed by atoms with E-state index in [0.29, 0.717) is 22.9 Å². The van der Waals surface area contributed by atoms with Gasteiger partial charge in [-0.25, -0.2) is 4.79 Å². The predicted molar refractivity (Wildman–Crippen MR) is 143 cm³/mol. The number of aryl methyl sites for hydroxylation is 1. The summed E-state index contributed by atoms with van der Waals surface area (Å²) in [6.07, 6.45) is 3.48. The van der Waals surface area contributed by atoms with Crippen molar-refractivity contribution in [2.45, 2.75) is 24.4 Å². The quantitative estimate of drug-likeness (QED) is 0.316. The molecule has 1 saturated heterocycles. The van der Waals surface area contributed by atoms with E-state index >= 15 is 0 Å². The summed E-state index contributed by atoms with van der Waals surface area (Å²) in [5.74, 6) is 0.217. The number of hydrogen-bond donors (Lipinski definition) is 1. The molecule has 2 aliphatic heterocycles. The van der Waals surface area contributed by atoms with Crippen LogP contribution in [0.2, 0.25) is 0 Å². The molecule has 2 atom stereocenters. The molecular weight excluding hydrogens is 520 g/mol. The molecule has 0 saturated carbocycles. The van der Waals surface area contributed by atoms with E-state index in [9.17, 15) is 14.4 Å². The summed E-state index contributed by atoms with van der Waals surface area (Å²) in [5, 5.41) is 14.3. The molecule has 39 heavy (non-hydrogen) atoms. The second-order valence-electron chi connectivity index (χ2n) is 8.89. The van der Waals surface area contributed by atoms with E-state index in [4.69, 9.17) is 9.47 Å². The number of tetrazole rings is 1. The summed E-state index contributed by atoms with van der Waals surface area (Å²) in [4.78, 5) is 42.0. The highest BCUT2D eigenvalue weighted by molar-refractivity contribution is 8.00. The maximum Gasteiger partial charge on any atom is 0.355 e. The van der Waals surface area contributed by atoms with Gasteiger partial charge in [0.15, 0.2) is 5.82 Å². The Bertz CT molecular complexity index is 1440. The number of β-lactam (4-membered cyclic amide) rings is 1. The minimum atomic E-state index is -0.734. The molecule has 11 nitrogen and oxygen atoms in total. The van der Waals surface area contributed by atoms with Gasteiger partial charge in [0, 0.05) is 5.75 Å². The molecular formula is C27H26N6O5S. The monoisotopic (exact) mass is 546 g/mol. The Labute approximate surface area is 228 Å². The number of thioether (sulfide) groups is 1. The lowest BCUT2D eigenvalue weighted by molar-refractivity contribution is -0.153. The molecule has 5 rings (SSSR count). The molecule has 1 aromatic heterocycles. The number of carbonyl (C=O) groups excluding carboxylic acids is 3. The molecule has 0 spiro atoms. The average Bonchev–Trinajstić information content (AvgIpc) is 3.38.